The van der Waals surface area contributed by atoms with Crippen LogP contribution >= 0.6 is 0 Å². The van der Waals surface area contributed by atoms with Gasteiger partial charge >= 0.3 is 0 Å². The number of carbonyl (C=O) groups excluding carboxylic acids is 2. The Labute approximate surface area is 236 Å². The van der Waals surface area contributed by atoms with E-state index in [2.05, 4.69) is 6.58 Å². The lowest BCUT2D eigenvalue weighted by Gasteiger charge is -2.39. The Bertz CT molecular complexity index is 1790. The molecule has 3 N–H and O–H groups in total. The molecule has 4 aromatic rings. The monoisotopic (exact) mass is 554 g/mol. The maximum Gasteiger partial charge on any atom is 0.266 e. The predicted octanol–water partition coefficient (Wildman–Crippen LogP) is 3.79. The van der Waals surface area contributed by atoms with Gasteiger partial charge in [0.25, 0.3) is 11.5 Å². The van der Waals surface area contributed by atoms with Crippen LogP contribution < -0.4 is 11.3 Å². The third kappa shape index (κ3) is 4.66. The van der Waals surface area contributed by atoms with Gasteiger partial charge in [0.2, 0.25) is 5.91 Å². The van der Waals surface area contributed by atoms with Gasteiger partial charge in [-0.1, -0.05) is 24.8 Å². The maximum atomic E-state index is 15.5. The first-order valence-electron chi connectivity index (χ1n) is 13.7. The van der Waals surface area contributed by atoms with Gasteiger partial charge in [-0.05, 0) is 78.0 Å². The highest BCUT2D eigenvalue weighted by Crippen LogP contribution is 2.41. The van der Waals surface area contributed by atoms with Crippen molar-refractivity contribution in [2.75, 3.05) is 13.1 Å². The standard InChI is InChI=1S/C32H31FN4O4/c1-3-29(39)36-14-18(15-36)9-23-11-21-10-20(19-7-8-19)12-26(33)30(21)32(41)37(23)27-6-4-5-24(25(27)17-38)22-13-28(31(34)40)35(2)16-22/h3-6,10-13,16,18-19,38H,1,7-9,14-15,17H2,2H3,(H2,34,40). The minimum atomic E-state index is -0.584. The fraction of sp³-hybridized carbons (Fsp3) is 0.281. The Hall–Kier alpha value is -4.50. The van der Waals surface area contributed by atoms with Gasteiger partial charge in [0.1, 0.15) is 11.5 Å². The van der Waals surface area contributed by atoms with Crippen molar-refractivity contribution in [3.05, 3.63) is 100 Å². The number of hydrogen-bond donors (Lipinski definition) is 2. The molecule has 1 aliphatic heterocycles. The molecule has 6 rings (SSSR count). The first kappa shape index (κ1) is 26.7. The SMILES string of the molecule is C=CC(=O)N1CC(Cc2cc3cc(C4CC4)cc(F)c3c(=O)n2-c2cccc(-c3cc(C(N)=O)n(C)c3)c2CO)C1. The van der Waals surface area contributed by atoms with Crippen LogP contribution in [0, 0.1) is 11.7 Å². The van der Waals surface area contributed by atoms with E-state index >= 15 is 4.39 Å². The highest BCUT2D eigenvalue weighted by Gasteiger charge is 2.31. The Morgan fingerprint density at radius 2 is 1.93 bits per heavy atom. The molecule has 9 heteroatoms. The van der Waals surface area contributed by atoms with E-state index in [-0.39, 0.29) is 17.2 Å². The summed E-state index contributed by atoms with van der Waals surface area (Å²) in [5, 5.41) is 11.1. The topological polar surface area (TPSA) is 111 Å². The van der Waals surface area contributed by atoms with Crippen LogP contribution in [0.4, 0.5) is 4.39 Å². The van der Waals surface area contributed by atoms with Crippen LogP contribution in [-0.2, 0) is 24.9 Å². The van der Waals surface area contributed by atoms with Crippen molar-refractivity contribution in [1.29, 1.82) is 0 Å². The lowest BCUT2D eigenvalue weighted by molar-refractivity contribution is -0.132. The van der Waals surface area contributed by atoms with Crippen LogP contribution in [0.5, 0.6) is 0 Å². The number of aromatic nitrogens is 2. The second kappa shape index (κ2) is 10.2. The quantitative estimate of drug-likeness (QED) is 0.323. The zero-order valence-corrected chi connectivity index (χ0v) is 22.8. The molecule has 2 amide bonds. The van der Waals surface area contributed by atoms with Crippen LogP contribution in [0.2, 0.25) is 0 Å². The number of rotatable bonds is 8. The van der Waals surface area contributed by atoms with Gasteiger partial charge in [0.05, 0.1) is 17.7 Å². The second-order valence-electron chi connectivity index (χ2n) is 11.1. The van der Waals surface area contributed by atoms with Gasteiger partial charge in [-0.2, -0.15) is 0 Å². The normalized spacial score (nSPS) is 15.2. The summed E-state index contributed by atoms with van der Waals surface area (Å²) >= 11 is 0. The van der Waals surface area contributed by atoms with Gasteiger partial charge in [-0.3, -0.25) is 19.0 Å². The number of nitrogens with zero attached hydrogens (tertiary/aromatic N) is 3. The molecule has 0 spiro atoms. The highest BCUT2D eigenvalue weighted by atomic mass is 19.1. The van der Waals surface area contributed by atoms with E-state index in [1.807, 2.05) is 12.1 Å². The number of likely N-dealkylation sites (tertiary alicyclic amines) is 1. The molecule has 2 fully saturated rings. The summed E-state index contributed by atoms with van der Waals surface area (Å²) in [5.41, 5.74) is 9.06. The summed E-state index contributed by atoms with van der Waals surface area (Å²) in [7, 11) is 1.70. The molecule has 3 heterocycles. The molecule has 1 saturated heterocycles. The van der Waals surface area contributed by atoms with Crippen LogP contribution in [0.25, 0.3) is 27.6 Å². The van der Waals surface area contributed by atoms with Crippen LogP contribution in [0.1, 0.15) is 46.1 Å². The van der Waals surface area contributed by atoms with Crippen molar-refractivity contribution in [3.63, 3.8) is 0 Å². The number of aliphatic hydroxyl groups is 1. The number of aliphatic hydroxyl groups excluding tert-OH is 1. The zero-order valence-electron chi connectivity index (χ0n) is 22.8. The van der Waals surface area contributed by atoms with Gasteiger partial charge in [-0.25, -0.2) is 4.39 Å². The smallest absolute Gasteiger partial charge is 0.266 e. The number of nitrogens with two attached hydrogens (primary N) is 1. The largest absolute Gasteiger partial charge is 0.392 e. The van der Waals surface area contributed by atoms with Crippen molar-refractivity contribution < 1.29 is 19.1 Å². The molecule has 0 atom stereocenters. The van der Waals surface area contributed by atoms with E-state index in [0.29, 0.717) is 64.6 Å². The van der Waals surface area contributed by atoms with E-state index in [4.69, 9.17) is 5.73 Å². The maximum absolute atomic E-state index is 15.5. The third-order valence-electron chi connectivity index (χ3n) is 8.28. The number of hydrogen-bond acceptors (Lipinski definition) is 4. The summed E-state index contributed by atoms with van der Waals surface area (Å²) in [6, 6.07) is 12.2. The minimum absolute atomic E-state index is 0.000222. The molecular weight excluding hydrogens is 523 g/mol. The van der Waals surface area contributed by atoms with Gasteiger partial charge < -0.3 is 20.3 Å². The van der Waals surface area contributed by atoms with Gasteiger partial charge in [-0.15, -0.1) is 0 Å². The molecule has 41 heavy (non-hydrogen) atoms. The van der Waals surface area contributed by atoms with E-state index in [0.717, 1.165) is 18.4 Å². The minimum Gasteiger partial charge on any atom is -0.392 e. The summed E-state index contributed by atoms with van der Waals surface area (Å²) < 4.78 is 18.6. The van der Waals surface area contributed by atoms with Crippen molar-refractivity contribution in [1.82, 2.24) is 14.0 Å². The Balaban J connectivity index is 1.53. The molecular formula is C32H31FN4O4. The summed E-state index contributed by atoms with van der Waals surface area (Å²) in [6.45, 7) is 4.21. The van der Waals surface area contributed by atoms with E-state index < -0.39 is 23.9 Å². The van der Waals surface area contributed by atoms with Gasteiger partial charge in [0, 0.05) is 43.2 Å². The van der Waals surface area contributed by atoms with Crippen molar-refractivity contribution in [2.24, 2.45) is 18.7 Å². The Morgan fingerprint density at radius 3 is 2.56 bits per heavy atom. The first-order valence-corrected chi connectivity index (χ1v) is 13.7. The Kier molecular flexibility index (Phi) is 6.62. The van der Waals surface area contributed by atoms with Crippen LogP contribution in [-0.4, -0.2) is 44.0 Å². The molecule has 2 aromatic heterocycles. The Morgan fingerprint density at radius 1 is 1.17 bits per heavy atom. The predicted molar refractivity (Wildman–Crippen MR) is 154 cm³/mol. The summed E-state index contributed by atoms with van der Waals surface area (Å²) in [4.78, 5) is 39.7. The lowest BCUT2D eigenvalue weighted by Crippen LogP contribution is -2.50. The number of pyridine rings is 1. The van der Waals surface area contributed by atoms with E-state index in [1.54, 1.807) is 47.0 Å². The van der Waals surface area contributed by atoms with Crippen molar-refractivity contribution in [3.8, 4) is 16.8 Å². The first-order chi connectivity index (χ1) is 19.7. The molecule has 210 valence electrons. The number of fused-ring (bicyclic) bond motifs is 1. The number of primary amides is 1. The molecule has 0 bridgehead atoms. The average molecular weight is 555 g/mol. The number of carbonyl (C=O) groups is 2. The number of amides is 2. The molecule has 1 aliphatic carbocycles. The molecule has 2 aliphatic rings. The highest BCUT2D eigenvalue weighted by molar-refractivity contribution is 5.93. The molecule has 1 saturated carbocycles. The van der Waals surface area contributed by atoms with Crippen molar-refractivity contribution >= 4 is 22.6 Å². The number of aryl methyl sites for hydroxylation is 1. The number of benzene rings is 2. The lowest BCUT2D eigenvalue weighted by atomic mass is 9.92. The molecule has 0 unspecified atom stereocenters. The average Bonchev–Trinajstić information content (AvgIpc) is 3.70. The fourth-order valence-corrected chi connectivity index (χ4v) is 6.02. The molecule has 0 radical (unpaired) electrons. The second-order valence-corrected chi connectivity index (χ2v) is 11.1. The molecule has 2 aromatic carbocycles. The van der Waals surface area contributed by atoms with E-state index in [9.17, 15) is 19.5 Å². The van der Waals surface area contributed by atoms with Crippen molar-refractivity contribution in [2.45, 2.75) is 31.8 Å². The summed E-state index contributed by atoms with van der Waals surface area (Å²) in [6.07, 6.45) is 5.52. The fourth-order valence-electron chi connectivity index (χ4n) is 6.02. The number of halogens is 1. The van der Waals surface area contributed by atoms with Crippen LogP contribution in [0.15, 0.2) is 66.1 Å². The molecule has 8 nitrogen and oxygen atoms in total. The van der Waals surface area contributed by atoms with Gasteiger partial charge in [0.15, 0.2) is 0 Å². The van der Waals surface area contributed by atoms with Crippen LogP contribution in [0.3, 0.4) is 0 Å². The third-order valence-corrected chi connectivity index (χ3v) is 8.28. The summed E-state index contributed by atoms with van der Waals surface area (Å²) in [5.74, 6) is -0.858. The van der Waals surface area contributed by atoms with E-state index in [1.165, 1.54) is 16.7 Å². The zero-order chi connectivity index (χ0) is 29.0.